The van der Waals surface area contributed by atoms with Gasteiger partial charge in [0.05, 0.1) is 20.8 Å². The van der Waals surface area contributed by atoms with E-state index >= 15 is 0 Å². The topological polar surface area (TPSA) is 70.7 Å². The van der Waals surface area contributed by atoms with Gasteiger partial charge in [0, 0.05) is 6.42 Å². The molecule has 0 fully saturated rings. The second-order valence-electron chi connectivity index (χ2n) is 4.06. The van der Waals surface area contributed by atoms with Crippen molar-refractivity contribution in [2.75, 3.05) is 5.32 Å². The Labute approximate surface area is 130 Å². The molecule has 0 saturated carbocycles. The monoisotopic (exact) mass is 332 g/mol. The van der Waals surface area contributed by atoms with E-state index in [4.69, 9.17) is 34.8 Å². The molecule has 1 aromatic carbocycles. The minimum absolute atomic E-state index is 0.0515. The molecule has 106 valence electrons. The molecule has 8 heteroatoms. The standard InChI is InChI=1S/C12H11Cl3N4O/c1-2-3-10-17-11(19-18-10)12(20)16-9-5-7(14)6(13)4-8(9)15/h4-5H,2-3H2,1H3,(H,16,20)(H,17,18,19). The number of halogens is 3. The van der Waals surface area contributed by atoms with Gasteiger partial charge in [-0.1, -0.05) is 41.7 Å². The number of amides is 1. The molecule has 20 heavy (non-hydrogen) atoms. The molecule has 2 N–H and O–H groups in total. The number of H-pyrrole nitrogens is 1. The van der Waals surface area contributed by atoms with Crippen LogP contribution in [-0.2, 0) is 6.42 Å². The average Bonchev–Trinajstić information content (AvgIpc) is 2.85. The molecule has 2 rings (SSSR count). The first kappa shape index (κ1) is 15.1. The Morgan fingerprint density at radius 1 is 1.25 bits per heavy atom. The summed E-state index contributed by atoms with van der Waals surface area (Å²) >= 11 is 17.7. The van der Waals surface area contributed by atoms with Crippen LogP contribution in [0.4, 0.5) is 5.69 Å². The van der Waals surface area contributed by atoms with Gasteiger partial charge in [-0.05, 0) is 18.6 Å². The summed E-state index contributed by atoms with van der Waals surface area (Å²) < 4.78 is 0. The summed E-state index contributed by atoms with van der Waals surface area (Å²) in [4.78, 5) is 16.1. The highest BCUT2D eigenvalue weighted by atomic mass is 35.5. The van der Waals surface area contributed by atoms with Crippen LogP contribution in [0.5, 0.6) is 0 Å². The molecule has 0 saturated heterocycles. The van der Waals surface area contributed by atoms with Crippen LogP contribution in [-0.4, -0.2) is 21.1 Å². The third-order valence-corrected chi connectivity index (χ3v) is 3.51. The lowest BCUT2D eigenvalue weighted by atomic mass is 10.3. The lowest BCUT2D eigenvalue weighted by molar-refractivity contribution is 0.101. The van der Waals surface area contributed by atoms with Crippen molar-refractivity contribution in [3.63, 3.8) is 0 Å². The number of nitrogens with zero attached hydrogens (tertiary/aromatic N) is 2. The summed E-state index contributed by atoms with van der Waals surface area (Å²) in [7, 11) is 0. The summed E-state index contributed by atoms with van der Waals surface area (Å²) in [6.07, 6.45) is 1.64. The van der Waals surface area contributed by atoms with E-state index in [1.165, 1.54) is 12.1 Å². The maximum Gasteiger partial charge on any atom is 0.295 e. The van der Waals surface area contributed by atoms with Crippen molar-refractivity contribution >= 4 is 46.4 Å². The highest BCUT2D eigenvalue weighted by Gasteiger charge is 2.15. The van der Waals surface area contributed by atoms with Crippen molar-refractivity contribution in [1.82, 2.24) is 15.2 Å². The molecular formula is C12H11Cl3N4O. The van der Waals surface area contributed by atoms with Crippen LogP contribution in [0.2, 0.25) is 15.1 Å². The number of hydrogen-bond donors (Lipinski definition) is 2. The van der Waals surface area contributed by atoms with Gasteiger partial charge in [0.1, 0.15) is 5.82 Å². The Balaban J connectivity index is 2.16. The fourth-order valence-corrected chi connectivity index (χ4v) is 2.14. The van der Waals surface area contributed by atoms with E-state index in [1.807, 2.05) is 6.92 Å². The summed E-state index contributed by atoms with van der Waals surface area (Å²) in [6.45, 7) is 2.01. The Bertz CT molecular complexity index is 642. The molecule has 0 bridgehead atoms. The molecular weight excluding hydrogens is 323 g/mol. The summed E-state index contributed by atoms with van der Waals surface area (Å²) in [5.74, 6) is 0.248. The third kappa shape index (κ3) is 3.42. The van der Waals surface area contributed by atoms with Crippen molar-refractivity contribution in [3.05, 3.63) is 38.8 Å². The number of benzene rings is 1. The molecule has 0 aliphatic rings. The lowest BCUT2D eigenvalue weighted by Gasteiger charge is -2.06. The zero-order valence-electron chi connectivity index (χ0n) is 10.5. The van der Waals surface area contributed by atoms with Gasteiger partial charge < -0.3 is 5.32 Å². The molecule has 5 nitrogen and oxygen atoms in total. The van der Waals surface area contributed by atoms with Gasteiger partial charge in [-0.15, -0.1) is 5.10 Å². The number of hydrogen-bond acceptors (Lipinski definition) is 3. The van der Waals surface area contributed by atoms with Crippen LogP contribution >= 0.6 is 34.8 Å². The first-order valence-electron chi connectivity index (χ1n) is 5.88. The smallest absolute Gasteiger partial charge is 0.295 e. The Hall–Kier alpha value is -1.30. The quantitative estimate of drug-likeness (QED) is 0.832. The van der Waals surface area contributed by atoms with E-state index in [1.54, 1.807) is 0 Å². The summed E-state index contributed by atoms with van der Waals surface area (Å²) in [5.41, 5.74) is 0.355. The van der Waals surface area contributed by atoms with Crippen LogP contribution in [0.15, 0.2) is 12.1 Å². The zero-order valence-corrected chi connectivity index (χ0v) is 12.8. The Kier molecular flexibility index (Phi) is 4.86. The molecule has 2 aromatic rings. The molecule has 0 aliphatic carbocycles. The first-order chi connectivity index (χ1) is 9.51. The number of nitrogens with one attached hydrogen (secondary N) is 2. The number of aromatic nitrogens is 3. The van der Waals surface area contributed by atoms with Gasteiger partial charge in [-0.2, -0.15) is 0 Å². The number of aromatic amines is 1. The van der Waals surface area contributed by atoms with Crippen LogP contribution in [0.3, 0.4) is 0 Å². The van der Waals surface area contributed by atoms with E-state index in [2.05, 4.69) is 20.5 Å². The predicted octanol–water partition coefficient (Wildman–Crippen LogP) is 3.97. The Morgan fingerprint density at radius 2 is 1.95 bits per heavy atom. The minimum Gasteiger partial charge on any atom is -0.318 e. The van der Waals surface area contributed by atoms with Crippen molar-refractivity contribution < 1.29 is 4.79 Å². The molecule has 1 amide bonds. The maximum atomic E-state index is 12.0. The number of aryl methyl sites for hydroxylation is 1. The summed E-state index contributed by atoms with van der Waals surface area (Å²) in [5, 5.41) is 10.1. The maximum absolute atomic E-state index is 12.0. The molecule has 0 aliphatic heterocycles. The van der Waals surface area contributed by atoms with Gasteiger partial charge in [0.2, 0.25) is 5.82 Å². The molecule has 0 radical (unpaired) electrons. The van der Waals surface area contributed by atoms with Crippen LogP contribution in [0.1, 0.15) is 29.8 Å². The van der Waals surface area contributed by atoms with Crippen molar-refractivity contribution in [2.24, 2.45) is 0 Å². The second-order valence-corrected chi connectivity index (χ2v) is 5.28. The molecule has 1 aromatic heterocycles. The van der Waals surface area contributed by atoms with Gasteiger partial charge >= 0.3 is 0 Å². The van der Waals surface area contributed by atoms with E-state index in [-0.39, 0.29) is 10.8 Å². The highest BCUT2D eigenvalue weighted by molar-refractivity contribution is 6.44. The third-order valence-electron chi connectivity index (χ3n) is 2.48. The number of carbonyl (C=O) groups excluding carboxylic acids is 1. The normalized spacial score (nSPS) is 10.6. The van der Waals surface area contributed by atoms with Crippen molar-refractivity contribution in [1.29, 1.82) is 0 Å². The first-order valence-corrected chi connectivity index (χ1v) is 7.01. The molecule has 0 unspecified atom stereocenters. The van der Waals surface area contributed by atoms with Gasteiger partial charge in [0.15, 0.2) is 0 Å². The molecule has 1 heterocycles. The van der Waals surface area contributed by atoms with Gasteiger partial charge in [-0.25, -0.2) is 4.98 Å². The predicted molar refractivity (Wildman–Crippen MR) is 79.8 cm³/mol. The fraction of sp³-hybridized carbons (Fsp3) is 0.250. The van der Waals surface area contributed by atoms with Crippen LogP contribution < -0.4 is 5.32 Å². The molecule has 0 atom stereocenters. The summed E-state index contributed by atoms with van der Waals surface area (Å²) in [6, 6.07) is 2.94. The average molecular weight is 334 g/mol. The molecule has 0 spiro atoms. The second kappa shape index (κ2) is 6.43. The fourth-order valence-electron chi connectivity index (χ4n) is 1.54. The van der Waals surface area contributed by atoms with Gasteiger partial charge in [0.25, 0.3) is 5.91 Å². The van der Waals surface area contributed by atoms with Crippen molar-refractivity contribution in [3.8, 4) is 0 Å². The van der Waals surface area contributed by atoms with E-state index < -0.39 is 5.91 Å². The number of anilines is 1. The van der Waals surface area contributed by atoms with E-state index in [0.29, 0.717) is 21.6 Å². The van der Waals surface area contributed by atoms with Crippen LogP contribution in [0, 0.1) is 0 Å². The highest BCUT2D eigenvalue weighted by Crippen LogP contribution is 2.32. The Morgan fingerprint density at radius 3 is 2.65 bits per heavy atom. The number of carbonyl (C=O) groups is 1. The zero-order chi connectivity index (χ0) is 14.7. The minimum atomic E-state index is -0.469. The van der Waals surface area contributed by atoms with E-state index in [9.17, 15) is 4.79 Å². The lowest BCUT2D eigenvalue weighted by Crippen LogP contribution is -2.14. The van der Waals surface area contributed by atoms with Crippen LogP contribution in [0.25, 0.3) is 0 Å². The largest absolute Gasteiger partial charge is 0.318 e. The SMILES string of the molecule is CCCc1nc(C(=O)Nc2cc(Cl)c(Cl)cc2Cl)n[nH]1. The number of rotatable bonds is 4. The van der Waals surface area contributed by atoms with E-state index in [0.717, 1.165) is 12.8 Å². The van der Waals surface area contributed by atoms with Crippen molar-refractivity contribution in [2.45, 2.75) is 19.8 Å². The van der Waals surface area contributed by atoms with Gasteiger partial charge in [-0.3, -0.25) is 9.89 Å².